The van der Waals surface area contributed by atoms with Crippen molar-refractivity contribution in [3.05, 3.63) is 29.2 Å². The summed E-state index contributed by atoms with van der Waals surface area (Å²) in [6.45, 7) is 4.51. The highest BCUT2D eigenvalue weighted by atomic mass is 16.1. The first kappa shape index (κ1) is 15.6. The molecule has 1 fully saturated rings. The van der Waals surface area contributed by atoms with Gasteiger partial charge in [-0.2, -0.15) is 5.10 Å². The number of nitrogens with zero attached hydrogens (tertiary/aromatic N) is 3. The number of hydrogen-bond acceptors (Lipinski definition) is 3. The highest BCUT2D eigenvalue weighted by Crippen LogP contribution is 2.27. The molecule has 0 radical (unpaired) electrons. The molecule has 128 valence electrons. The molecule has 3 atom stereocenters. The van der Waals surface area contributed by atoms with Gasteiger partial charge in [0.25, 0.3) is 5.91 Å². The number of amides is 1. The Bertz CT molecular complexity index is 766. The quantitative estimate of drug-likeness (QED) is 0.922. The van der Waals surface area contributed by atoms with E-state index >= 15 is 0 Å². The SMILES string of the molecule is C[C@@H]1CCc2c(cnc3c(C(=O)N[C@@H]4CCCC[C@H]4C)cnn23)C1. The van der Waals surface area contributed by atoms with Crippen LogP contribution < -0.4 is 5.32 Å². The Morgan fingerprint density at radius 2 is 2.04 bits per heavy atom. The average molecular weight is 326 g/mol. The molecule has 1 amide bonds. The average Bonchev–Trinajstić information content (AvgIpc) is 3.01. The van der Waals surface area contributed by atoms with Gasteiger partial charge in [0.2, 0.25) is 0 Å². The van der Waals surface area contributed by atoms with Crippen LogP contribution in [0.1, 0.15) is 67.6 Å². The molecule has 2 heterocycles. The van der Waals surface area contributed by atoms with E-state index in [-0.39, 0.29) is 11.9 Å². The fraction of sp³-hybridized carbons (Fsp3) is 0.632. The predicted octanol–water partition coefficient (Wildman–Crippen LogP) is 3.16. The topological polar surface area (TPSA) is 59.3 Å². The molecular formula is C19H26N4O. The number of aromatic nitrogens is 3. The van der Waals surface area contributed by atoms with Crippen molar-refractivity contribution in [3.63, 3.8) is 0 Å². The summed E-state index contributed by atoms with van der Waals surface area (Å²) >= 11 is 0. The normalized spacial score (nSPS) is 27.0. The summed E-state index contributed by atoms with van der Waals surface area (Å²) in [5.74, 6) is 1.22. The summed E-state index contributed by atoms with van der Waals surface area (Å²) in [6, 6.07) is 0.277. The lowest BCUT2D eigenvalue weighted by Crippen LogP contribution is -2.41. The second-order valence-electron chi connectivity index (χ2n) is 7.71. The molecule has 24 heavy (non-hydrogen) atoms. The standard InChI is InChI=1S/C19H26N4O/c1-12-7-8-17-14(9-12)10-20-18-15(11-21-23(17)18)19(24)22-16-6-4-3-5-13(16)2/h10-13,16H,3-9H2,1-2H3,(H,22,24)/t12-,13-,16-/m1/s1. The first-order valence-electron chi connectivity index (χ1n) is 9.29. The molecule has 0 unspecified atom stereocenters. The zero-order valence-electron chi connectivity index (χ0n) is 14.6. The number of rotatable bonds is 2. The van der Waals surface area contributed by atoms with Crippen molar-refractivity contribution < 1.29 is 4.79 Å². The van der Waals surface area contributed by atoms with Crippen molar-refractivity contribution in [1.29, 1.82) is 0 Å². The van der Waals surface area contributed by atoms with Gasteiger partial charge < -0.3 is 5.32 Å². The van der Waals surface area contributed by atoms with Crippen molar-refractivity contribution in [3.8, 4) is 0 Å². The van der Waals surface area contributed by atoms with Crippen molar-refractivity contribution in [2.75, 3.05) is 0 Å². The summed E-state index contributed by atoms with van der Waals surface area (Å²) in [6.07, 6.45) is 11.6. The minimum Gasteiger partial charge on any atom is -0.349 e. The predicted molar refractivity (Wildman–Crippen MR) is 93.1 cm³/mol. The van der Waals surface area contributed by atoms with Crippen molar-refractivity contribution >= 4 is 11.6 Å². The highest BCUT2D eigenvalue weighted by molar-refractivity contribution is 5.99. The molecule has 2 aromatic rings. The minimum atomic E-state index is -0.0274. The monoisotopic (exact) mass is 326 g/mol. The maximum Gasteiger partial charge on any atom is 0.256 e. The Morgan fingerprint density at radius 1 is 1.21 bits per heavy atom. The van der Waals surface area contributed by atoms with Crippen LogP contribution in [0.5, 0.6) is 0 Å². The smallest absolute Gasteiger partial charge is 0.256 e. The van der Waals surface area contributed by atoms with Gasteiger partial charge in [-0.25, -0.2) is 9.50 Å². The van der Waals surface area contributed by atoms with Crippen molar-refractivity contribution in [2.24, 2.45) is 11.8 Å². The zero-order chi connectivity index (χ0) is 16.7. The van der Waals surface area contributed by atoms with E-state index in [1.165, 1.54) is 36.9 Å². The van der Waals surface area contributed by atoms with Crippen LogP contribution in [-0.4, -0.2) is 26.5 Å². The number of carbonyl (C=O) groups excluding carboxylic acids is 1. The third-order valence-corrected chi connectivity index (χ3v) is 5.83. The lowest BCUT2D eigenvalue weighted by atomic mass is 9.86. The Hall–Kier alpha value is -1.91. The molecular weight excluding hydrogens is 300 g/mol. The molecule has 2 aromatic heterocycles. The van der Waals surface area contributed by atoms with Gasteiger partial charge in [-0.1, -0.05) is 26.7 Å². The Balaban J connectivity index is 1.62. The Morgan fingerprint density at radius 3 is 2.88 bits per heavy atom. The van der Waals surface area contributed by atoms with Gasteiger partial charge >= 0.3 is 0 Å². The number of hydrogen-bond donors (Lipinski definition) is 1. The van der Waals surface area contributed by atoms with E-state index in [1.54, 1.807) is 6.20 Å². The van der Waals surface area contributed by atoms with E-state index in [1.807, 2.05) is 10.7 Å². The summed E-state index contributed by atoms with van der Waals surface area (Å²) in [7, 11) is 0. The molecule has 2 aliphatic carbocycles. The lowest BCUT2D eigenvalue weighted by molar-refractivity contribution is 0.0911. The van der Waals surface area contributed by atoms with E-state index in [0.717, 1.165) is 19.3 Å². The third kappa shape index (κ3) is 2.70. The molecule has 4 rings (SSSR count). The van der Waals surface area contributed by atoms with Crippen LogP contribution in [0.15, 0.2) is 12.4 Å². The van der Waals surface area contributed by atoms with Crippen LogP contribution in [0.25, 0.3) is 5.65 Å². The van der Waals surface area contributed by atoms with Gasteiger partial charge in [0.1, 0.15) is 5.56 Å². The molecule has 0 spiro atoms. The maximum absolute atomic E-state index is 12.7. The molecule has 0 bridgehead atoms. The highest BCUT2D eigenvalue weighted by Gasteiger charge is 2.26. The number of aryl methyl sites for hydroxylation is 1. The molecule has 1 N–H and O–H groups in total. The molecule has 2 aliphatic rings. The second-order valence-corrected chi connectivity index (χ2v) is 7.71. The zero-order valence-corrected chi connectivity index (χ0v) is 14.6. The number of carbonyl (C=O) groups is 1. The Labute approximate surface area is 142 Å². The second kappa shape index (κ2) is 6.19. The minimum absolute atomic E-state index is 0.0274. The van der Waals surface area contributed by atoms with E-state index in [0.29, 0.717) is 23.0 Å². The van der Waals surface area contributed by atoms with Gasteiger partial charge in [0.15, 0.2) is 5.65 Å². The molecule has 0 aliphatic heterocycles. The van der Waals surface area contributed by atoms with Crippen molar-refractivity contribution in [2.45, 2.75) is 64.8 Å². The van der Waals surface area contributed by atoms with Gasteiger partial charge in [-0.15, -0.1) is 0 Å². The van der Waals surface area contributed by atoms with Crippen LogP contribution >= 0.6 is 0 Å². The number of fused-ring (bicyclic) bond motifs is 3. The summed E-state index contributed by atoms with van der Waals surface area (Å²) in [4.78, 5) is 17.3. The van der Waals surface area contributed by atoms with E-state index < -0.39 is 0 Å². The maximum atomic E-state index is 12.7. The summed E-state index contributed by atoms with van der Waals surface area (Å²) in [5.41, 5.74) is 3.80. The van der Waals surface area contributed by atoms with Crippen LogP contribution in [-0.2, 0) is 12.8 Å². The molecule has 5 nitrogen and oxygen atoms in total. The van der Waals surface area contributed by atoms with Crippen LogP contribution in [0, 0.1) is 11.8 Å². The van der Waals surface area contributed by atoms with E-state index in [2.05, 4.69) is 29.2 Å². The lowest BCUT2D eigenvalue weighted by Gasteiger charge is -2.29. The van der Waals surface area contributed by atoms with Gasteiger partial charge in [0.05, 0.1) is 6.20 Å². The van der Waals surface area contributed by atoms with E-state index in [9.17, 15) is 4.79 Å². The third-order valence-electron chi connectivity index (χ3n) is 5.83. The molecule has 0 aromatic carbocycles. The first-order valence-corrected chi connectivity index (χ1v) is 9.29. The molecule has 1 saturated carbocycles. The Kier molecular flexibility index (Phi) is 4.02. The summed E-state index contributed by atoms with van der Waals surface area (Å²) in [5, 5.41) is 7.70. The van der Waals surface area contributed by atoms with Gasteiger partial charge in [-0.3, -0.25) is 4.79 Å². The van der Waals surface area contributed by atoms with Gasteiger partial charge in [0, 0.05) is 17.9 Å². The molecule has 0 saturated heterocycles. The first-order chi connectivity index (χ1) is 11.6. The fourth-order valence-corrected chi connectivity index (χ4v) is 4.25. The van der Waals surface area contributed by atoms with Crippen LogP contribution in [0.4, 0.5) is 0 Å². The summed E-state index contributed by atoms with van der Waals surface area (Å²) < 4.78 is 1.89. The fourth-order valence-electron chi connectivity index (χ4n) is 4.25. The number of nitrogens with one attached hydrogen (secondary N) is 1. The van der Waals surface area contributed by atoms with Crippen LogP contribution in [0.3, 0.4) is 0 Å². The van der Waals surface area contributed by atoms with Crippen LogP contribution in [0.2, 0.25) is 0 Å². The largest absolute Gasteiger partial charge is 0.349 e. The van der Waals surface area contributed by atoms with Gasteiger partial charge in [-0.05, 0) is 49.5 Å². The van der Waals surface area contributed by atoms with Crippen molar-refractivity contribution in [1.82, 2.24) is 19.9 Å². The molecule has 5 heteroatoms. The van der Waals surface area contributed by atoms with E-state index in [4.69, 9.17) is 0 Å².